The van der Waals surface area contributed by atoms with Crippen molar-refractivity contribution in [3.05, 3.63) is 93.2 Å². The van der Waals surface area contributed by atoms with Gasteiger partial charge in [0.05, 0.1) is 22.5 Å². The lowest BCUT2D eigenvalue weighted by molar-refractivity contribution is -0.575. The smallest absolute Gasteiger partial charge is 0.408 e. The van der Waals surface area contributed by atoms with E-state index in [0.29, 0.717) is 5.56 Å². The minimum Gasteiger partial charge on any atom is -0.447 e. The van der Waals surface area contributed by atoms with Crippen molar-refractivity contribution in [1.82, 2.24) is 10.2 Å². The number of nitrogens with zero attached hydrogens (tertiary/aromatic N) is 2. The molecule has 3 N–H and O–H groups in total. The Balaban J connectivity index is 1.77. The first-order valence-corrected chi connectivity index (χ1v) is 13.1. The molecular weight excluding hydrogens is 544 g/mol. The van der Waals surface area contributed by atoms with E-state index < -0.39 is 64.6 Å². The Morgan fingerprint density at radius 3 is 2.27 bits per heavy atom. The number of ether oxygens (including phenoxy) is 3. The highest BCUT2D eigenvalue weighted by molar-refractivity contribution is 8.00. The molecule has 2 aliphatic heterocycles. The number of hydrogen-bond acceptors (Lipinski definition) is 10. The molecule has 0 aromatic heterocycles. The number of alkyl carbamates (subject to hydrolysis) is 1. The van der Waals surface area contributed by atoms with E-state index in [1.54, 1.807) is 62.4 Å². The van der Waals surface area contributed by atoms with Gasteiger partial charge in [0.1, 0.15) is 23.1 Å². The summed E-state index contributed by atoms with van der Waals surface area (Å²) in [6, 6.07) is 16.4. The third-order valence-electron chi connectivity index (χ3n) is 5.99. The van der Waals surface area contributed by atoms with Crippen molar-refractivity contribution in [2.45, 2.75) is 42.8 Å². The van der Waals surface area contributed by atoms with Crippen molar-refractivity contribution >= 4 is 35.8 Å². The molecule has 1 saturated heterocycles. The quantitative estimate of drug-likeness (QED) is 0.114. The zero-order valence-corrected chi connectivity index (χ0v) is 22.2. The van der Waals surface area contributed by atoms with Gasteiger partial charge in [0.15, 0.2) is 0 Å². The fraction of sp³-hybridized carbons (Fsp3) is 0.308. The second-order valence-electron chi connectivity index (χ2n) is 9.04. The molecule has 2 aromatic carbocycles. The summed E-state index contributed by atoms with van der Waals surface area (Å²) in [7, 11) is 0. The largest absolute Gasteiger partial charge is 0.447 e. The standard InChI is InChI=1S/C26H26N4O9S/c1-14(2)38-26(34)28-20-17(13-37-25(27)33)19(24(32)39-22(30(35)36)16-11-7-4-8-12-16)29-21(31)18(23(29)40-20)15-9-5-3-6-10-15/h3-12,14,18,20,22-23H,13H2,1-2H3,(H2,27,33)(H,28,34)/t18-,20?,22?,23-/m1/s1. The fourth-order valence-electron chi connectivity index (χ4n) is 4.32. The molecule has 4 rings (SSSR count). The van der Waals surface area contributed by atoms with Gasteiger partial charge in [0, 0.05) is 5.57 Å². The van der Waals surface area contributed by atoms with Crippen LogP contribution in [0.1, 0.15) is 37.1 Å². The number of hydrogen-bond donors (Lipinski definition) is 2. The lowest BCUT2D eigenvalue weighted by Crippen LogP contribution is -2.62. The third kappa shape index (κ3) is 6.01. The van der Waals surface area contributed by atoms with Crippen LogP contribution in [0.15, 0.2) is 71.9 Å². The number of β-lactam (4-membered cyclic amide) rings is 1. The number of thioether (sulfide) groups is 1. The van der Waals surface area contributed by atoms with Gasteiger partial charge in [0.25, 0.3) is 0 Å². The summed E-state index contributed by atoms with van der Waals surface area (Å²) in [5, 5.41) is 12.7. The first-order chi connectivity index (χ1) is 19.1. The van der Waals surface area contributed by atoms with Gasteiger partial charge in [-0.25, -0.2) is 14.4 Å². The zero-order chi connectivity index (χ0) is 29.0. The molecule has 0 radical (unpaired) electrons. The Morgan fingerprint density at radius 1 is 1.07 bits per heavy atom. The van der Waals surface area contributed by atoms with Crippen molar-refractivity contribution in [2.75, 3.05) is 6.61 Å². The number of primary amides is 1. The van der Waals surface area contributed by atoms with Crippen LogP contribution in [-0.4, -0.2) is 57.3 Å². The molecule has 210 valence electrons. The molecular formula is C26H26N4O9S. The number of nitro groups is 1. The summed E-state index contributed by atoms with van der Waals surface area (Å²) < 4.78 is 15.4. The highest BCUT2D eigenvalue weighted by Crippen LogP contribution is 2.51. The summed E-state index contributed by atoms with van der Waals surface area (Å²) in [6.45, 7) is 2.67. The Bertz CT molecular complexity index is 1340. The van der Waals surface area contributed by atoms with Crippen molar-refractivity contribution < 1.29 is 38.3 Å². The Kier molecular flexibility index (Phi) is 8.58. The lowest BCUT2D eigenvalue weighted by atomic mass is 9.88. The van der Waals surface area contributed by atoms with E-state index in [1.165, 1.54) is 12.1 Å². The Labute approximate surface area is 232 Å². The second kappa shape index (κ2) is 12.1. The van der Waals surface area contributed by atoms with Crippen molar-refractivity contribution in [2.24, 2.45) is 5.73 Å². The maximum absolute atomic E-state index is 13.6. The number of carbonyl (C=O) groups excluding carboxylic acids is 4. The average Bonchev–Trinajstić information content (AvgIpc) is 2.90. The molecule has 2 aliphatic rings. The average molecular weight is 571 g/mol. The molecule has 13 nitrogen and oxygen atoms in total. The van der Waals surface area contributed by atoms with Gasteiger partial charge in [-0.15, -0.1) is 11.8 Å². The molecule has 2 heterocycles. The molecule has 0 spiro atoms. The normalized spacial score (nSPS) is 20.6. The number of carbonyl (C=O) groups is 4. The highest BCUT2D eigenvalue weighted by atomic mass is 32.2. The fourth-order valence-corrected chi connectivity index (χ4v) is 5.86. The van der Waals surface area contributed by atoms with Crippen LogP contribution in [0.2, 0.25) is 0 Å². The molecule has 2 unspecified atom stereocenters. The zero-order valence-electron chi connectivity index (χ0n) is 21.4. The van der Waals surface area contributed by atoms with Crippen LogP contribution < -0.4 is 11.1 Å². The van der Waals surface area contributed by atoms with Crippen molar-refractivity contribution in [3.8, 4) is 0 Å². The van der Waals surface area contributed by atoms with Crippen LogP contribution >= 0.6 is 11.8 Å². The third-order valence-corrected chi connectivity index (χ3v) is 7.43. The van der Waals surface area contributed by atoms with E-state index >= 15 is 0 Å². The maximum atomic E-state index is 13.6. The Morgan fingerprint density at radius 2 is 1.70 bits per heavy atom. The first-order valence-electron chi connectivity index (χ1n) is 12.1. The summed E-state index contributed by atoms with van der Waals surface area (Å²) in [5.41, 5.74) is 5.47. The van der Waals surface area contributed by atoms with Crippen LogP contribution in [0.5, 0.6) is 0 Å². The number of fused-ring (bicyclic) bond motifs is 1. The molecule has 4 atom stereocenters. The molecule has 14 heteroatoms. The van der Waals surface area contributed by atoms with E-state index in [0.717, 1.165) is 16.7 Å². The molecule has 0 bridgehead atoms. The minimum atomic E-state index is -1.90. The predicted octanol–water partition coefficient (Wildman–Crippen LogP) is 3.01. The van der Waals surface area contributed by atoms with Crippen LogP contribution in [0.4, 0.5) is 9.59 Å². The van der Waals surface area contributed by atoms with Gasteiger partial charge in [-0.1, -0.05) is 48.5 Å². The number of rotatable bonds is 9. The lowest BCUT2D eigenvalue weighted by Gasteiger charge is -2.51. The van der Waals surface area contributed by atoms with Gasteiger partial charge in [-0.05, 0) is 31.5 Å². The monoisotopic (exact) mass is 570 g/mol. The SMILES string of the molecule is CC(C)OC(=O)NC1S[C@@H]2[C@H](c3ccccc3)C(=O)N2C(C(=O)OC(c2ccccc2)[N+](=O)[O-])=C1COC(N)=O. The molecule has 0 aliphatic carbocycles. The second-order valence-corrected chi connectivity index (χ2v) is 10.3. The highest BCUT2D eigenvalue weighted by Gasteiger charge is 2.57. The molecule has 2 aromatic rings. The van der Waals surface area contributed by atoms with E-state index in [-0.39, 0.29) is 16.8 Å². The van der Waals surface area contributed by atoms with Gasteiger partial charge in [0.2, 0.25) is 5.91 Å². The van der Waals surface area contributed by atoms with Gasteiger partial charge >= 0.3 is 24.4 Å². The molecule has 40 heavy (non-hydrogen) atoms. The predicted molar refractivity (Wildman–Crippen MR) is 141 cm³/mol. The van der Waals surface area contributed by atoms with E-state index in [9.17, 15) is 29.3 Å². The number of nitrogens with two attached hydrogens (primary N) is 1. The number of nitrogens with one attached hydrogen (secondary N) is 1. The summed E-state index contributed by atoms with van der Waals surface area (Å²) in [6.07, 6.45) is -4.39. The van der Waals surface area contributed by atoms with Crippen molar-refractivity contribution in [3.63, 3.8) is 0 Å². The van der Waals surface area contributed by atoms with Crippen LogP contribution in [-0.2, 0) is 23.8 Å². The first kappa shape index (κ1) is 28.4. The van der Waals surface area contributed by atoms with Crippen LogP contribution in [0.25, 0.3) is 0 Å². The molecule has 3 amide bonds. The summed E-state index contributed by atoms with van der Waals surface area (Å²) >= 11 is 1.11. The number of amides is 3. The Hall–Kier alpha value is -4.59. The number of benzene rings is 2. The maximum Gasteiger partial charge on any atom is 0.408 e. The van der Waals surface area contributed by atoms with Crippen LogP contribution in [0, 0.1) is 10.1 Å². The van der Waals surface area contributed by atoms with E-state index in [1.807, 2.05) is 0 Å². The van der Waals surface area contributed by atoms with Gasteiger partial charge in [-0.3, -0.25) is 19.8 Å². The van der Waals surface area contributed by atoms with Crippen molar-refractivity contribution in [1.29, 1.82) is 0 Å². The van der Waals surface area contributed by atoms with E-state index in [4.69, 9.17) is 19.9 Å². The molecule has 0 saturated carbocycles. The topological polar surface area (TPSA) is 180 Å². The molecule has 1 fully saturated rings. The summed E-state index contributed by atoms with van der Waals surface area (Å²) in [4.78, 5) is 63.3. The minimum absolute atomic E-state index is 0.0548. The van der Waals surface area contributed by atoms with Gasteiger partial charge < -0.3 is 25.3 Å². The van der Waals surface area contributed by atoms with Crippen LogP contribution in [0.3, 0.4) is 0 Å². The van der Waals surface area contributed by atoms with Gasteiger partial charge in [-0.2, -0.15) is 0 Å². The summed E-state index contributed by atoms with van der Waals surface area (Å²) in [5.74, 6) is -2.39. The number of esters is 1. The van der Waals surface area contributed by atoms with E-state index in [2.05, 4.69) is 5.32 Å².